The Kier molecular flexibility index (Phi) is 4.72. The molecule has 0 saturated carbocycles. The number of rotatable bonds is 3. The first-order chi connectivity index (χ1) is 11.7. The van der Waals surface area contributed by atoms with E-state index in [1.54, 1.807) is 18.3 Å². The first-order valence-electron chi connectivity index (χ1n) is 7.61. The van der Waals surface area contributed by atoms with E-state index in [0.29, 0.717) is 6.54 Å². The summed E-state index contributed by atoms with van der Waals surface area (Å²) in [4.78, 5) is 14.9. The van der Waals surface area contributed by atoms with Crippen LogP contribution in [0.1, 0.15) is 5.56 Å². The Bertz CT molecular complexity index is 1070. The third-order valence-electron chi connectivity index (χ3n) is 4.11. The van der Waals surface area contributed by atoms with Crippen LogP contribution in [0.2, 0.25) is 0 Å². The molecule has 0 aliphatic heterocycles. The lowest BCUT2D eigenvalue weighted by Gasteiger charge is -2.04. The van der Waals surface area contributed by atoms with E-state index < -0.39 is 0 Å². The Morgan fingerprint density at radius 1 is 0.960 bits per heavy atom. The second kappa shape index (κ2) is 6.94. The maximum absolute atomic E-state index is 10.8. The second-order valence-electron chi connectivity index (χ2n) is 5.64. The predicted octanol–water partition coefficient (Wildman–Crippen LogP) is 0.636. The zero-order chi connectivity index (χ0) is 16.5. The average Bonchev–Trinajstić information content (AvgIpc) is 2.62. The molecule has 0 N–H and O–H groups in total. The molecule has 2 aromatic carbocycles. The van der Waals surface area contributed by atoms with Crippen molar-refractivity contribution < 1.29 is 26.5 Å². The van der Waals surface area contributed by atoms with Gasteiger partial charge in [-0.1, -0.05) is 12.1 Å². The molecule has 0 amide bonds. The topological polar surface area (TPSA) is 59.9 Å². The first kappa shape index (κ1) is 17.0. The quantitative estimate of drug-likeness (QED) is 0.221. The van der Waals surface area contributed by atoms with Crippen LogP contribution in [0.5, 0.6) is 0 Å². The highest BCUT2D eigenvalue weighted by Gasteiger charge is 2.14. The largest absolute Gasteiger partial charge is 1.00 e. The van der Waals surface area contributed by atoms with E-state index in [1.165, 1.54) is 12.1 Å². The monoisotopic (exact) mass is 395 g/mol. The minimum absolute atomic E-state index is 0. The molecule has 2 aromatic heterocycles. The summed E-state index contributed by atoms with van der Waals surface area (Å²) in [5.74, 6) is 0. The summed E-state index contributed by atoms with van der Waals surface area (Å²) >= 11 is 0. The fourth-order valence-electron chi connectivity index (χ4n) is 2.96. The maximum Gasteiger partial charge on any atom is 0.269 e. The van der Waals surface area contributed by atoms with Crippen LogP contribution in [0.25, 0.3) is 21.8 Å². The van der Waals surface area contributed by atoms with Crippen molar-refractivity contribution in [2.75, 3.05) is 0 Å². The highest BCUT2D eigenvalue weighted by atomic mass is 79.9. The van der Waals surface area contributed by atoms with Crippen LogP contribution in [0, 0.1) is 10.1 Å². The lowest BCUT2D eigenvalue weighted by molar-refractivity contribution is -0.661. The summed E-state index contributed by atoms with van der Waals surface area (Å²) in [6.45, 7) is 0.630. The summed E-state index contributed by atoms with van der Waals surface area (Å²) in [5, 5.41) is 13.0. The Labute approximate surface area is 154 Å². The second-order valence-corrected chi connectivity index (χ2v) is 5.64. The van der Waals surface area contributed by atoms with E-state index in [9.17, 15) is 10.1 Å². The van der Waals surface area contributed by atoms with Crippen molar-refractivity contribution in [1.29, 1.82) is 0 Å². The smallest absolute Gasteiger partial charge is 0.269 e. The number of hydrogen-bond acceptors (Lipinski definition) is 3. The number of benzene rings is 2. The van der Waals surface area contributed by atoms with E-state index in [4.69, 9.17) is 0 Å². The molecule has 4 rings (SSSR count). The van der Waals surface area contributed by atoms with Gasteiger partial charge in [-0.25, -0.2) is 4.98 Å². The summed E-state index contributed by atoms with van der Waals surface area (Å²) in [6, 6.07) is 18.9. The standard InChI is InChI=1S/C19H14N3O2.BrH/c23-22(24)17-9-5-14(6-10-17)13-21-12-2-4-16-8-7-15-3-1-11-20-18(15)19(16)21;/h1-12H,13H2;1H/q+1;/p-1. The van der Waals surface area contributed by atoms with Gasteiger partial charge in [-0.3, -0.25) is 10.1 Å². The van der Waals surface area contributed by atoms with Crippen molar-refractivity contribution >= 4 is 27.5 Å². The minimum atomic E-state index is -0.383. The third-order valence-corrected chi connectivity index (χ3v) is 4.11. The summed E-state index contributed by atoms with van der Waals surface area (Å²) in [6.07, 6.45) is 3.81. The number of halogens is 1. The number of non-ortho nitro benzene ring substituents is 1. The molecule has 4 aromatic rings. The van der Waals surface area contributed by atoms with Crippen molar-refractivity contribution in [3.05, 3.63) is 88.7 Å². The van der Waals surface area contributed by atoms with E-state index in [0.717, 1.165) is 27.4 Å². The zero-order valence-corrected chi connectivity index (χ0v) is 14.8. The van der Waals surface area contributed by atoms with E-state index in [2.05, 4.69) is 27.8 Å². The molecule has 0 saturated heterocycles. The van der Waals surface area contributed by atoms with Crippen molar-refractivity contribution in [3.63, 3.8) is 0 Å². The molecule has 0 bridgehead atoms. The first-order valence-corrected chi connectivity index (χ1v) is 7.61. The normalized spacial score (nSPS) is 10.6. The predicted molar refractivity (Wildman–Crippen MR) is 91.6 cm³/mol. The fourth-order valence-corrected chi connectivity index (χ4v) is 2.96. The molecule has 0 aliphatic rings. The van der Waals surface area contributed by atoms with Crippen LogP contribution in [-0.4, -0.2) is 9.91 Å². The molecule has 0 fully saturated rings. The van der Waals surface area contributed by atoms with Gasteiger partial charge in [0.25, 0.3) is 5.69 Å². The molecule has 0 spiro atoms. The summed E-state index contributed by atoms with van der Waals surface area (Å²) in [7, 11) is 0. The molecule has 0 atom stereocenters. The Hall–Kier alpha value is -2.86. The molecule has 0 aliphatic carbocycles. The van der Waals surface area contributed by atoms with Gasteiger partial charge < -0.3 is 17.0 Å². The van der Waals surface area contributed by atoms with Crippen LogP contribution in [0.15, 0.2) is 73.1 Å². The van der Waals surface area contributed by atoms with Gasteiger partial charge in [0, 0.05) is 40.7 Å². The van der Waals surface area contributed by atoms with Gasteiger partial charge in [-0.2, -0.15) is 4.57 Å². The van der Waals surface area contributed by atoms with Crippen molar-refractivity contribution in [1.82, 2.24) is 4.98 Å². The molecule has 0 unspecified atom stereocenters. The molecule has 2 heterocycles. The molecule has 0 radical (unpaired) electrons. The Morgan fingerprint density at radius 3 is 2.44 bits per heavy atom. The van der Waals surface area contributed by atoms with Crippen LogP contribution >= 0.6 is 0 Å². The van der Waals surface area contributed by atoms with Crippen molar-refractivity contribution in [2.24, 2.45) is 0 Å². The summed E-state index contributed by atoms with van der Waals surface area (Å²) < 4.78 is 2.13. The molecule has 6 heteroatoms. The lowest BCUT2D eigenvalue weighted by atomic mass is 10.1. The van der Waals surface area contributed by atoms with Gasteiger partial charge in [-0.15, -0.1) is 0 Å². The fraction of sp³-hybridized carbons (Fsp3) is 0.0526. The number of nitro groups is 1. The van der Waals surface area contributed by atoms with Gasteiger partial charge in [-0.05, 0) is 30.3 Å². The molecule has 5 nitrogen and oxygen atoms in total. The van der Waals surface area contributed by atoms with Crippen molar-refractivity contribution in [3.8, 4) is 0 Å². The SMILES string of the molecule is O=[N+]([O-])c1ccc(C[n+]2cccc3ccc4cccnc4c32)cc1.[Br-]. The number of nitrogens with zero attached hydrogens (tertiary/aromatic N) is 3. The van der Waals surface area contributed by atoms with E-state index in [-0.39, 0.29) is 27.6 Å². The molecular formula is C19H14BrN3O2. The molecule has 25 heavy (non-hydrogen) atoms. The van der Waals surface area contributed by atoms with Gasteiger partial charge in [0.2, 0.25) is 5.52 Å². The maximum atomic E-state index is 10.8. The van der Waals surface area contributed by atoms with Gasteiger partial charge in [0.1, 0.15) is 5.52 Å². The van der Waals surface area contributed by atoms with Crippen LogP contribution < -0.4 is 21.5 Å². The molecule has 124 valence electrons. The third kappa shape index (κ3) is 3.21. The number of nitro benzene ring substituents is 1. The lowest BCUT2D eigenvalue weighted by Crippen LogP contribution is -3.00. The number of pyridine rings is 2. The van der Waals surface area contributed by atoms with Crippen molar-refractivity contribution in [2.45, 2.75) is 6.54 Å². The van der Waals surface area contributed by atoms with Gasteiger partial charge in [0.05, 0.1) is 4.92 Å². The van der Waals surface area contributed by atoms with Crippen LogP contribution in [-0.2, 0) is 6.54 Å². The average molecular weight is 396 g/mol. The van der Waals surface area contributed by atoms with Gasteiger partial charge in [0.15, 0.2) is 12.7 Å². The minimum Gasteiger partial charge on any atom is -1.00 e. The Balaban J connectivity index is 0.00000182. The highest BCUT2D eigenvalue weighted by Crippen LogP contribution is 2.20. The number of fused-ring (bicyclic) bond motifs is 3. The van der Waals surface area contributed by atoms with Crippen LogP contribution in [0.4, 0.5) is 5.69 Å². The van der Waals surface area contributed by atoms with Gasteiger partial charge >= 0.3 is 0 Å². The van der Waals surface area contributed by atoms with Crippen LogP contribution in [0.3, 0.4) is 0 Å². The Morgan fingerprint density at radius 2 is 1.68 bits per heavy atom. The molecular weight excluding hydrogens is 382 g/mol. The van der Waals surface area contributed by atoms with E-state index in [1.807, 2.05) is 24.4 Å². The number of aromatic nitrogens is 2. The number of hydrogen-bond donors (Lipinski definition) is 0. The highest BCUT2D eigenvalue weighted by molar-refractivity contribution is 6.00. The van der Waals surface area contributed by atoms with E-state index >= 15 is 0 Å². The zero-order valence-electron chi connectivity index (χ0n) is 13.2. The summed E-state index contributed by atoms with van der Waals surface area (Å²) in [5.41, 5.74) is 3.13.